The zero-order valence-corrected chi connectivity index (χ0v) is 15.1. The molecular formula is C17H17F3N2O3S. The van der Waals surface area contributed by atoms with Crippen LogP contribution in [0.4, 0.5) is 24.5 Å². The van der Waals surface area contributed by atoms with Crippen molar-refractivity contribution in [1.29, 1.82) is 0 Å². The summed E-state index contributed by atoms with van der Waals surface area (Å²) in [4.78, 5) is 13.8. The zero-order valence-electron chi connectivity index (χ0n) is 14.3. The third-order valence-corrected chi connectivity index (χ3v) is 4.75. The van der Waals surface area contributed by atoms with E-state index in [1.807, 2.05) is 0 Å². The zero-order chi connectivity index (χ0) is 19.7. The van der Waals surface area contributed by atoms with Gasteiger partial charge in [0.1, 0.15) is 0 Å². The van der Waals surface area contributed by atoms with Crippen molar-refractivity contribution >= 4 is 27.1 Å². The minimum atomic E-state index is -4.64. The van der Waals surface area contributed by atoms with Gasteiger partial charge in [-0.05, 0) is 42.5 Å². The lowest BCUT2D eigenvalue weighted by Crippen LogP contribution is -2.18. The lowest BCUT2D eigenvalue weighted by atomic mass is 10.1. The highest BCUT2D eigenvalue weighted by Gasteiger charge is 2.34. The highest BCUT2D eigenvalue weighted by Crippen LogP contribution is 2.37. The minimum absolute atomic E-state index is 0.0142. The molecule has 26 heavy (non-hydrogen) atoms. The number of alkyl halides is 3. The Bertz CT molecular complexity index is 921. The van der Waals surface area contributed by atoms with Crippen molar-refractivity contribution in [3.8, 4) is 0 Å². The third-order valence-electron chi connectivity index (χ3n) is 3.62. The van der Waals surface area contributed by atoms with Gasteiger partial charge in [0, 0.05) is 31.6 Å². The van der Waals surface area contributed by atoms with Gasteiger partial charge < -0.3 is 10.2 Å². The lowest BCUT2D eigenvalue weighted by Gasteiger charge is -2.18. The first-order chi connectivity index (χ1) is 11.9. The van der Waals surface area contributed by atoms with E-state index in [4.69, 9.17) is 0 Å². The predicted molar refractivity (Wildman–Crippen MR) is 93.3 cm³/mol. The Morgan fingerprint density at radius 2 is 1.62 bits per heavy atom. The molecule has 0 fully saturated rings. The van der Waals surface area contributed by atoms with Crippen LogP contribution < -0.4 is 10.2 Å². The quantitative estimate of drug-likeness (QED) is 0.874. The molecule has 0 aliphatic rings. The molecule has 0 saturated heterocycles. The van der Waals surface area contributed by atoms with Crippen molar-refractivity contribution < 1.29 is 26.4 Å². The number of carbonyl (C=O) groups is 1. The van der Waals surface area contributed by atoms with E-state index in [-0.39, 0.29) is 16.1 Å². The number of anilines is 2. The monoisotopic (exact) mass is 386 g/mol. The Morgan fingerprint density at radius 1 is 1.04 bits per heavy atom. The fourth-order valence-electron chi connectivity index (χ4n) is 2.20. The molecule has 0 heterocycles. The van der Waals surface area contributed by atoms with Crippen LogP contribution in [-0.4, -0.2) is 34.7 Å². The summed E-state index contributed by atoms with van der Waals surface area (Å²) in [6.45, 7) is 0. The van der Waals surface area contributed by atoms with Gasteiger partial charge in [-0.3, -0.25) is 4.79 Å². The summed E-state index contributed by atoms with van der Waals surface area (Å²) in [5, 5.41) is 2.23. The summed E-state index contributed by atoms with van der Waals surface area (Å²) in [6.07, 6.45) is -3.63. The fraction of sp³-hybridized carbons (Fsp3) is 0.235. The normalized spacial score (nSPS) is 11.9. The van der Waals surface area contributed by atoms with E-state index >= 15 is 0 Å². The van der Waals surface area contributed by atoms with E-state index in [0.29, 0.717) is 5.69 Å². The van der Waals surface area contributed by atoms with Gasteiger partial charge in [-0.1, -0.05) is 0 Å². The standard InChI is InChI=1S/C17H17F3N2O3S/c1-22(2)12-6-9-15(14(10-12)17(18,19)20)21-16(23)11-4-7-13(8-5-11)26(3,24)25/h4-10H,1-3H3,(H,21,23). The molecule has 0 radical (unpaired) electrons. The summed E-state index contributed by atoms with van der Waals surface area (Å²) in [7, 11) is -0.212. The van der Waals surface area contributed by atoms with Crippen LogP contribution in [0.2, 0.25) is 0 Å². The maximum absolute atomic E-state index is 13.3. The smallest absolute Gasteiger partial charge is 0.378 e. The number of nitrogens with one attached hydrogen (secondary N) is 1. The van der Waals surface area contributed by atoms with E-state index in [1.54, 1.807) is 14.1 Å². The van der Waals surface area contributed by atoms with E-state index in [9.17, 15) is 26.4 Å². The van der Waals surface area contributed by atoms with Gasteiger partial charge in [0.2, 0.25) is 0 Å². The molecule has 0 saturated carbocycles. The predicted octanol–water partition coefficient (Wildman–Crippen LogP) is 3.43. The van der Waals surface area contributed by atoms with Crippen LogP contribution in [0, 0.1) is 0 Å². The average molecular weight is 386 g/mol. The SMILES string of the molecule is CN(C)c1ccc(NC(=O)c2ccc(S(C)(=O)=O)cc2)c(C(F)(F)F)c1. The second kappa shape index (κ2) is 6.99. The molecule has 2 rings (SSSR count). The van der Waals surface area contributed by atoms with Crippen molar-refractivity contribution in [3.63, 3.8) is 0 Å². The van der Waals surface area contributed by atoms with Crippen LogP contribution in [0.25, 0.3) is 0 Å². The highest BCUT2D eigenvalue weighted by molar-refractivity contribution is 7.90. The lowest BCUT2D eigenvalue weighted by molar-refractivity contribution is -0.136. The summed E-state index contributed by atoms with van der Waals surface area (Å²) in [5.74, 6) is -0.770. The molecule has 1 amide bonds. The second-order valence-corrected chi connectivity index (χ2v) is 7.89. The van der Waals surface area contributed by atoms with Crippen molar-refractivity contribution in [2.24, 2.45) is 0 Å². The van der Waals surface area contributed by atoms with Crippen LogP contribution in [-0.2, 0) is 16.0 Å². The van der Waals surface area contributed by atoms with Gasteiger partial charge in [0.25, 0.3) is 5.91 Å². The van der Waals surface area contributed by atoms with E-state index in [1.165, 1.54) is 41.3 Å². The van der Waals surface area contributed by atoms with Crippen molar-refractivity contribution in [2.45, 2.75) is 11.1 Å². The van der Waals surface area contributed by atoms with Crippen molar-refractivity contribution in [3.05, 3.63) is 53.6 Å². The van der Waals surface area contributed by atoms with Gasteiger partial charge in [-0.2, -0.15) is 13.2 Å². The molecule has 0 bridgehead atoms. The van der Waals surface area contributed by atoms with Gasteiger partial charge in [-0.15, -0.1) is 0 Å². The van der Waals surface area contributed by atoms with Gasteiger partial charge in [-0.25, -0.2) is 8.42 Å². The molecule has 9 heteroatoms. The molecular weight excluding hydrogens is 369 g/mol. The Labute approximate surface area is 149 Å². The molecule has 1 N–H and O–H groups in total. The Morgan fingerprint density at radius 3 is 2.08 bits per heavy atom. The molecule has 0 spiro atoms. The fourth-order valence-corrected chi connectivity index (χ4v) is 2.83. The molecule has 5 nitrogen and oxygen atoms in total. The van der Waals surface area contributed by atoms with Gasteiger partial charge >= 0.3 is 6.18 Å². The summed E-state index contributed by atoms with van der Waals surface area (Å²) in [5.41, 5.74) is -0.958. The molecule has 0 aromatic heterocycles. The van der Waals surface area contributed by atoms with E-state index in [0.717, 1.165) is 12.3 Å². The van der Waals surface area contributed by atoms with Crippen LogP contribution in [0.1, 0.15) is 15.9 Å². The Balaban J connectivity index is 2.34. The largest absolute Gasteiger partial charge is 0.418 e. The first kappa shape index (κ1) is 19.8. The number of rotatable bonds is 4. The van der Waals surface area contributed by atoms with Crippen LogP contribution >= 0.6 is 0 Å². The van der Waals surface area contributed by atoms with E-state index in [2.05, 4.69) is 5.32 Å². The molecule has 0 atom stereocenters. The number of hydrogen-bond donors (Lipinski definition) is 1. The van der Waals surface area contributed by atoms with Gasteiger partial charge in [0.15, 0.2) is 9.84 Å². The number of nitrogens with zero attached hydrogens (tertiary/aromatic N) is 1. The second-order valence-electron chi connectivity index (χ2n) is 5.87. The highest BCUT2D eigenvalue weighted by atomic mass is 32.2. The number of hydrogen-bond acceptors (Lipinski definition) is 4. The molecule has 0 unspecified atom stereocenters. The van der Waals surface area contributed by atoms with Crippen molar-refractivity contribution in [2.75, 3.05) is 30.6 Å². The summed E-state index contributed by atoms with van der Waals surface area (Å²) >= 11 is 0. The Hall–Kier alpha value is -2.55. The summed E-state index contributed by atoms with van der Waals surface area (Å²) < 4.78 is 62.7. The first-order valence-corrected chi connectivity index (χ1v) is 9.29. The maximum Gasteiger partial charge on any atom is 0.418 e. The Kier molecular flexibility index (Phi) is 5.31. The molecule has 2 aromatic rings. The number of carbonyl (C=O) groups excluding carboxylic acids is 1. The van der Waals surface area contributed by atoms with Crippen molar-refractivity contribution in [1.82, 2.24) is 0 Å². The number of sulfone groups is 1. The van der Waals surface area contributed by atoms with Crippen LogP contribution in [0.5, 0.6) is 0 Å². The number of amides is 1. The molecule has 2 aromatic carbocycles. The maximum atomic E-state index is 13.3. The summed E-state index contributed by atoms with van der Waals surface area (Å²) in [6, 6.07) is 8.52. The molecule has 140 valence electrons. The molecule has 0 aliphatic heterocycles. The topological polar surface area (TPSA) is 66.5 Å². The number of benzene rings is 2. The van der Waals surface area contributed by atoms with Crippen LogP contribution in [0.15, 0.2) is 47.4 Å². The molecule has 0 aliphatic carbocycles. The van der Waals surface area contributed by atoms with Crippen LogP contribution in [0.3, 0.4) is 0 Å². The minimum Gasteiger partial charge on any atom is -0.378 e. The average Bonchev–Trinajstić information content (AvgIpc) is 2.53. The first-order valence-electron chi connectivity index (χ1n) is 7.39. The third kappa shape index (κ3) is 4.54. The van der Waals surface area contributed by atoms with Gasteiger partial charge in [0.05, 0.1) is 16.1 Å². The van der Waals surface area contributed by atoms with E-state index < -0.39 is 27.5 Å². The number of halogens is 3.